The van der Waals surface area contributed by atoms with Gasteiger partial charge in [-0.15, -0.1) is 0 Å². The van der Waals surface area contributed by atoms with Crippen LogP contribution in [0.5, 0.6) is 0 Å². The van der Waals surface area contributed by atoms with Crippen molar-refractivity contribution in [1.29, 1.82) is 0 Å². The number of rotatable bonds is 2. The van der Waals surface area contributed by atoms with Crippen LogP contribution in [0.3, 0.4) is 0 Å². The van der Waals surface area contributed by atoms with Crippen LogP contribution >= 0.6 is 0 Å². The summed E-state index contributed by atoms with van der Waals surface area (Å²) in [5.74, 6) is 0.598. The third-order valence-corrected chi connectivity index (χ3v) is 3.94. The van der Waals surface area contributed by atoms with Crippen LogP contribution in [-0.4, -0.2) is 62.0 Å². The number of hydrogen-bond acceptors (Lipinski definition) is 3. The van der Waals surface area contributed by atoms with Crippen LogP contribution in [0.1, 0.15) is 19.3 Å². The van der Waals surface area contributed by atoms with Crippen LogP contribution < -0.4 is 5.32 Å². The second-order valence-electron chi connectivity index (χ2n) is 5.18. The molecule has 2 aliphatic rings. The van der Waals surface area contributed by atoms with Crippen molar-refractivity contribution in [3.8, 4) is 0 Å². The Hall–Kier alpha value is -0.610. The van der Waals surface area contributed by atoms with Crippen molar-refractivity contribution in [2.24, 2.45) is 5.92 Å². The first-order chi connectivity index (χ1) is 7.68. The summed E-state index contributed by atoms with van der Waals surface area (Å²) >= 11 is 0. The molecule has 4 nitrogen and oxygen atoms in total. The molecule has 2 saturated heterocycles. The summed E-state index contributed by atoms with van der Waals surface area (Å²) in [5.41, 5.74) is 0. The van der Waals surface area contributed by atoms with E-state index < -0.39 is 0 Å². The number of carbonyl (C=O) groups is 1. The zero-order valence-corrected chi connectivity index (χ0v) is 10.4. The fraction of sp³-hybridized carbons (Fsp3) is 0.917. The Morgan fingerprint density at radius 1 is 1.31 bits per heavy atom. The number of carbonyl (C=O) groups excluding carboxylic acids is 1. The molecule has 2 heterocycles. The normalized spacial score (nSPS) is 28.2. The second kappa shape index (κ2) is 5.15. The van der Waals surface area contributed by atoms with E-state index in [1.807, 2.05) is 11.9 Å². The van der Waals surface area contributed by atoms with E-state index in [4.69, 9.17) is 0 Å². The van der Waals surface area contributed by atoms with E-state index in [1.165, 1.54) is 0 Å². The molecule has 16 heavy (non-hydrogen) atoms. The zero-order valence-electron chi connectivity index (χ0n) is 10.4. The SMILES string of the molecule is CN1CCC(C(=O)N(C)C2CCNCC2)C1. The summed E-state index contributed by atoms with van der Waals surface area (Å²) < 4.78 is 0. The highest BCUT2D eigenvalue weighted by molar-refractivity contribution is 5.79. The first-order valence-corrected chi connectivity index (χ1v) is 6.34. The molecule has 1 N–H and O–H groups in total. The third-order valence-electron chi connectivity index (χ3n) is 3.94. The number of amides is 1. The Balaban J connectivity index is 1.88. The Morgan fingerprint density at radius 2 is 2.00 bits per heavy atom. The molecule has 0 aromatic heterocycles. The van der Waals surface area contributed by atoms with E-state index >= 15 is 0 Å². The van der Waals surface area contributed by atoms with Gasteiger partial charge in [-0.2, -0.15) is 0 Å². The van der Waals surface area contributed by atoms with Crippen LogP contribution in [0.15, 0.2) is 0 Å². The average Bonchev–Trinajstić information content (AvgIpc) is 2.75. The van der Waals surface area contributed by atoms with Gasteiger partial charge in [0.05, 0.1) is 5.92 Å². The van der Waals surface area contributed by atoms with Gasteiger partial charge < -0.3 is 15.1 Å². The lowest BCUT2D eigenvalue weighted by atomic mass is 10.0. The molecule has 1 amide bonds. The van der Waals surface area contributed by atoms with Gasteiger partial charge in [0.2, 0.25) is 5.91 Å². The van der Waals surface area contributed by atoms with Gasteiger partial charge in [-0.1, -0.05) is 0 Å². The molecule has 2 aliphatic heterocycles. The smallest absolute Gasteiger partial charge is 0.227 e. The second-order valence-corrected chi connectivity index (χ2v) is 5.18. The first kappa shape index (κ1) is 11.9. The molecule has 1 atom stereocenters. The number of nitrogens with one attached hydrogen (secondary N) is 1. The van der Waals surface area contributed by atoms with Gasteiger partial charge in [0.1, 0.15) is 0 Å². The lowest BCUT2D eigenvalue weighted by Gasteiger charge is -2.33. The van der Waals surface area contributed by atoms with Crippen molar-refractivity contribution < 1.29 is 4.79 Å². The summed E-state index contributed by atoms with van der Waals surface area (Å²) in [5, 5.41) is 3.34. The van der Waals surface area contributed by atoms with E-state index in [0.717, 1.165) is 45.4 Å². The van der Waals surface area contributed by atoms with E-state index in [9.17, 15) is 4.79 Å². The molecule has 0 bridgehead atoms. The molecule has 1 unspecified atom stereocenters. The maximum absolute atomic E-state index is 12.3. The van der Waals surface area contributed by atoms with E-state index in [0.29, 0.717) is 11.9 Å². The minimum atomic E-state index is 0.241. The van der Waals surface area contributed by atoms with Crippen LogP contribution in [0, 0.1) is 5.92 Å². The minimum absolute atomic E-state index is 0.241. The number of hydrogen-bond donors (Lipinski definition) is 1. The summed E-state index contributed by atoms with van der Waals surface area (Å²) in [6.07, 6.45) is 3.24. The molecular formula is C12H23N3O. The van der Waals surface area contributed by atoms with Crippen molar-refractivity contribution in [3.63, 3.8) is 0 Å². The largest absolute Gasteiger partial charge is 0.342 e. The Kier molecular flexibility index (Phi) is 3.82. The van der Waals surface area contributed by atoms with Gasteiger partial charge in [0.15, 0.2) is 0 Å². The number of likely N-dealkylation sites (tertiary alicyclic amines) is 1. The Morgan fingerprint density at radius 3 is 2.56 bits per heavy atom. The van der Waals surface area contributed by atoms with Gasteiger partial charge >= 0.3 is 0 Å². The fourth-order valence-corrected chi connectivity index (χ4v) is 2.80. The predicted molar refractivity (Wildman–Crippen MR) is 64.3 cm³/mol. The molecule has 0 radical (unpaired) electrons. The number of nitrogens with zero attached hydrogens (tertiary/aromatic N) is 2. The molecule has 0 aliphatic carbocycles. The highest BCUT2D eigenvalue weighted by Gasteiger charge is 2.31. The molecule has 2 fully saturated rings. The lowest BCUT2D eigenvalue weighted by molar-refractivity contribution is -0.136. The zero-order chi connectivity index (χ0) is 11.5. The van der Waals surface area contributed by atoms with Crippen molar-refractivity contribution in [2.45, 2.75) is 25.3 Å². The standard InChI is InChI=1S/C12H23N3O/c1-14-8-5-10(9-14)12(16)15(2)11-3-6-13-7-4-11/h10-11,13H,3-9H2,1-2H3. The summed E-state index contributed by atoms with van der Waals surface area (Å²) in [6.45, 7) is 4.10. The van der Waals surface area contributed by atoms with E-state index in [1.54, 1.807) is 0 Å². The predicted octanol–water partition coefficient (Wildman–Crippen LogP) is 0.149. The van der Waals surface area contributed by atoms with E-state index in [-0.39, 0.29) is 5.92 Å². The van der Waals surface area contributed by atoms with Crippen molar-refractivity contribution >= 4 is 5.91 Å². The maximum atomic E-state index is 12.3. The van der Waals surface area contributed by atoms with Gasteiger partial charge in [-0.25, -0.2) is 0 Å². The van der Waals surface area contributed by atoms with Crippen LogP contribution in [-0.2, 0) is 4.79 Å². The summed E-state index contributed by atoms with van der Waals surface area (Å²) in [4.78, 5) is 16.5. The van der Waals surface area contributed by atoms with Crippen LogP contribution in [0.2, 0.25) is 0 Å². The Bertz CT molecular complexity index is 251. The topological polar surface area (TPSA) is 35.6 Å². The average molecular weight is 225 g/mol. The van der Waals surface area contributed by atoms with Crippen molar-refractivity contribution in [2.75, 3.05) is 40.3 Å². The Labute approximate surface area is 98.0 Å². The molecule has 4 heteroatoms. The van der Waals surface area contributed by atoms with Gasteiger partial charge in [-0.3, -0.25) is 4.79 Å². The van der Waals surface area contributed by atoms with E-state index in [2.05, 4.69) is 17.3 Å². The van der Waals surface area contributed by atoms with Crippen LogP contribution in [0.25, 0.3) is 0 Å². The van der Waals surface area contributed by atoms with Crippen molar-refractivity contribution in [3.05, 3.63) is 0 Å². The third kappa shape index (κ3) is 2.55. The van der Waals surface area contributed by atoms with Gasteiger partial charge in [0, 0.05) is 19.6 Å². The fourth-order valence-electron chi connectivity index (χ4n) is 2.80. The molecule has 0 spiro atoms. The molecule has 0 aromatic rings. The molecule has 2 rings (SSSR count). The number of piperidine rings is 1. The first-order valence-electron chi connectivity index (χ1n) is 6.34. The van der Waals surface area contributed by atoms with Gasteiger partial charge in [-0.05, 0) is 45.9 Å². The minimum Gasteiger partial charge on any atom is -0.342 e. The van der Waals surface area contributed by atoms with Crippen LogP contribution in [0.4, 0.5) is 0 Å². The highest BCUT2D eigenvalue weighted by Crippen LogP contribution is 2.19. The molecule has 0 saturated carbocycles. The van der Waals surface area contributed by atoms with Gasteiger partial charge in [0.25, 0.3) is 0 Å². The quantitative estimate of drug-likeness (QED) is 0.726. The summed E-state index contributed by atoms with van der Waals surface area (Å²) in [6, 6.07) is 0.458. The monoisotopic (exact) mass is 225 g/mol. The molecular weight excluding hydrogens is 202 g/mol. The maximum Gasteiger partial charge on any atom is 0.227 e. The molecule has 92 valence electrons. The lowest BCUT2D eigenvalue weighted by Crippen LogP contribution is -2.46. The van der Waals surface area contributed by atoms with Crippen molar-refractivity contribution in [1.82, 2.24) is 15.1 Å². The highest BCUT2D eigenvalue weighted by atomic mass is 16.2. The molecule has 0 aromatic carbocycles. The summed E-state index contributed by atoms with van der Waals surface area (Å²) in [7, 11) is 4.08.